The van der Waals surface area contributed by atoms with E-state index in [1.807, 2.05) is 13.1 Å². The van der Waals surface area contributed by atoms with Crippen molar-refractivity contribution in [3.8, 4) is 5.75 Å². The first-order chi connectivity index (χ1) is 8.22. The van der Waals surface area contributed by atoms with Gasteiger partial charge in [-0.05, 0) is 31.7 Å². The van der Waals surface area contributed by atoms with E-state index < -0.39 is 0 Å². The van der Waals surface area contributed by atoms with E-state index in [1.54, 1.807) is 18.9 Å². The quantitative estimate of drug-likeness (QED) is 0.733. The van der Waals surface area contributed by atoms with Crippen LogP contribution in [0.1, 0.15) is 24.1 Å². The number of ether oxygens (including phenoxy) is 1. The van der Waals surface area contributed by atoms with E-state index in [4.69, 9.17) is 9.84 Å². The van der Waals surface area contributed by atoms with Gasteiger partial charge in [-0.1, -0.05) is 6.07 Å². The Labute approximate surface area is 108 Å². The lowest BCUT2D eigenvalue weighted by Gasteiger charge is -2.14. The topological polar surface area (TPSA) is 41.5 Å². The predicted octanol–water partition coefficient (Wildman–Crippen LogP) is 2.20. The average molecular weight is 255 g/mol. The van der Waals surface area contributed by atoms with Gasteiger partial charge in [0.25, 0.3) is 0 Å². The Morgan fingerprint density at radius 2 is 2.24 bits per heavy atom. The fraction of sp³-hybridized carbons (Fsp3) is 0.538. The van der Waals surface area contributed by atoms with Crippen LogP contribution in [0.25, 0.3) is 0 Å². The second kappa shape index (κ2) is 7.58. The van der Waals surface area contributed by atoms with Crippen LogP contribution in [0.3, 0.4) is 0 Å². The van der Waals surface area contributed by atoms with Gasteiger partial charge in [-0.25, -0.2) is 0 Å². The number of thioether (sulfide) groups is 1. The highest BCUT2D eigenvalue weighted by molar-refractivity contribution is 7.98. The van der Waals surface area contributed by atoms with Gasteiger partial charge in [0.1, 0.15) is 5.75 Å². The molecule has 1 aromatic rings. The van der Waals surface area contributed by atoms with Gasteiger partial charge >= 0.3 is 0 Å². The number of aliphatic hydroxyl groups is 1. The molecule has 17 heavy (non-hydrogen) atoms. The van der Waals surface area contributed by atoms with Crippen molar-refractivity contribution in [2.75, 3.05) is 26.5 Å². The molecular formula is C13H21NO2S. The summed E-state index contributed by atoms with van der Waals surface area (Å²) in [5, 5.41) is 12.0. The van der Waals surface area contributed by atoms with Gasteiger partial charge in [-0.15, -0.1) is 0 Å². The molecule has 0 bridgehead atoms. The average Bonchev–Trinajstić information content (AvgIpc) is 2.38. The van der Waals surface area contributed by atoms with Crippen LogP contribution in [0.15, 0.2) is 18.2 Å². The Bertz CT molecular complexity index is 344. The zero-order chi connectivity index (χ0) is 12.7. The summed E-state index contributed by atoms with van der Waals surface area (Å²) in [6.07, 6.45) is 0. The molecule has 3 nitrogen and oxygen atoms in total. The molecule has 1 rings (SSSR count). The summed E-state index contributed by atoms with van der Waals surface area (Å²) >= 11 is 1.71. The normalized spacial score (nSPS) is 12.5. The standard InChI is InChI=1S/C13H21NO2S/c1-10(14-2)11-4-5-13(16-3)12(8-11)9-17-7-6-15/h4-5,8,10,14-15H,6-7,9H2,1-3H3. The number of benzene rings is 1. The summed E-state index contributed by atoms with van der Waals surface area (Å²) < 4.78 is 5.35. The highest BCUT2D eigenvalue weighted by Crippen LogP contribution is 2.26. The number of aliphatic hydroxyl groups excluding tert-OH is 1. The first-order valence-corrected chi connectivity index (χ1v) is 6.91. The van der Waals surface area contributed by atoms with Crippen LogP contribution in [0.5, 0.6) is 5.75 Å². The van der Waals surface area contributed by atoms with Crippen molar-refractivity contribution in [2.45, 2.75) is 18.7 Å². The molecule has 0 heterocycles. The van der Waals surface area contributed by atoms with Gasteiger partial charge in [-0.2, -0.15) is 11.8 Å². The third-order valence-electron chi connectivity index (χ3n) is 2.73. The van der Waals surface area contributed by atoms with E-state index in [0.29, 0.717) is 6.04 Å². The summed E-state index contributed by atoms with van der Waals surface area (Å²) in [5.74, 6) is 2.55. The Morgan fingerprint density at radius 1 is 1.47 bits per heavy atom. The number of hydrogen-bond donors (Lipinski definition) is 2. The molecule has 0 aliphatic carbocycles. The van der Waals surface area contributed by atoms with Crippen LogP contribution in [-0.2, 0) is 5.75 Å². The van der Waals surface area contributed by atoms with Gasteiger partial charge in [0.05, 0.1) is 13.7 Å². The Morgan fingerprint density at radius 3 is 2.82 bits per heavy atom. The minimum Gasteiger partial charge on any atom is -0.496 e. The molecule has 1 aromatic carbocycles. The Balaban J connectivity index is 2.82. The number of hydrogen-bond acceptors (Lipinski definition) is 4. The fourth-order valence-corrected chi connectivity index (χ4v) is 2.31. The van der Waals surface area contributed by atoms with Crippen LogP contribution in [0.2, 0.25) is 0 Å². The van der Waals surface area contributed by atoms with Crippen molar-refractivity contribution in [2.24, 2.45) is 0 Å². The molecule has 0 aliphatic rings. The highest BCUT2D eigenvalue weighted by atomic mass is 32.2. The van der Waals surface area contributed by atoms with Crippen LogP contribution >= 0.6 is 11.8 Å². The van der Waals surface area contributed by atoms with Crippen molar-refractivity contribution in [1.29, 1.82) is 0 Å². The molecule has 0 amide bonds. The summed E-state index contributed by atoms with van der Waals surface area (Å²) in [6, 6.07) is 6.60. The van der Waals surface area contributed by atoms with Gasteiger partial charge in [-0.3, -0.25) is 0 Å². The van der Waals surface area contributed by atoms with Gasteiger partial charge in [0.15, 0.2) is 0 Å². The SMILES string of the molecule is CNC(C)c1ccc(OC)c(CSCCO)c1. The van der Waals surface area contributed by atoms with E-state index in [0.717, 1.165) is 17.3 Å². The lowest BCUT2D eigenvalue weighted by Crippen LogP contribution is -2.12. The van der Waals surface area contributed by atoms with Crippen molar-refractivity contribution < 1.29 is 9.84 Å². The molecule has 0 fully saturated rings. The largest absolute Gasteiger partial charge is 0.496 e. The highest BCUT2D eigenvalue weighted by Gasteiger charge is 2.08. The molecule has 0 spiro atoms. The second-order valence-electron chi connectivity index (χ2n) is 3.86. The van der Waals surface area contributed by atoms with Crippen molar-refractivity contribution in [3.05, 3.63) is 29.3 Å². The lowest BCUT2D eigenvalue weighted by molar-refractivity contribution is 0.322. The number of methoxy groups -OCH3 is 1. The van der Waals surface area contributed by atoms with Crippen LogP contribution in [0.4, 0.5) is 0 Å². The molecule has 2 N–H and O–H groups in total. The van der Waals surface area contributed by atoms with Gasteiger partial charge in [0.2, 0.25) is 0 Å². The molecule has 1 atom stereocenters. The smallest absolute Gasteiger partial charge is 0.122 e. The van der Waals surface area contributed by atoms with Gasteiger partial charge in [0, 0.05) is 23.1 Å². The zero-order valence-corrected chi connectivity index (χ0v) is 11.5. The molecule has 0 aliphatic heterocycles. The van der Waals surface area contributed by atoms with E-state index in [1.165, 1.54) is 11.1 Å². The number of rotatable bonds is 7. The minimum absolute atomic E-state index is 0.222. The second-order valence-corrected chi connectivity index (χ2v) is 4.96. The lowest BCUT2D eigenvalue weighted by atomic mass is 10.1. The summed E-state index contributed by atoms with van der Waals surface area (Å²) in [5.41, 5.74) is 2.44. The van der Waals surface area contributed by atoms with Crippen LogP contribution in [0, 0.1) is 0 Å². The van der Waals surface area contributed by atoms with Crippen molar-refractivity contribution in [1.82, 2.24) is 5.32 Å². The Hall–Kier alpha value is -0.710. The van der Waals surface area contributed by atoms with Gasteiger partial charge < -0.3 is 15.2 Å². The van der Waals surface area contributed by atoms with Crippen molar-refractivity contribution in [3.63, 3.8) is 0 Å². The van der Waals surface area contributed by atoms with E-state index >= 15 is 0 Å². The third-order valence-corrected chi connectivity index (χ3v) is 3.72. The van der Waals surface area contributed by atoms with Crippen LogP contribution < -0.4 is 10.1 Å². The molecule has 0 saturated heterocycles. The maximum Gasteiger partial charge on any atom is 0.122 e. The Kier molecular flexibility index (Phi) is 6.40. The molecule has 0 saturated carbocycles. The van der Waals surface area contributed by atoms with E-state index in [2.05, 4.69) is 24.4 Å². The molecule has 0 aromatic heterocycles. The maximum absolute atomic E-state index is 8.79. The zero-order valence-electron chi connectivity index (χ0n) is 10.7. The molecule has 4 heteroatoms. The fourth-order valence-electron chi connectivity index (χ4n) is 1.59. The monoisotopic (exact) mass is 255 g/mol. The third kappa shape index (κ3) is 4.22. The van der Waals surface area contributed by atoms with Crippen molar-refractivity contribution >= 4 is 11.8 Å². The predicted molar refractivity (Wildman–Crippen MR) is 73.7 cm³/mol. The molecule has 96 valence electrons. The minimum atomic E-state index is 0.222. The summed E-state index contributed by atoms with van der Waals surface area (Å²) in [7, 11) is 3.64. The first kappa shape index (κ1) is 14.4. The molecular weight excluding hydrogens is 234 g/mol. The van der Waals surface area contributed by atoms with Crippen LogP contribution in [-0.4, -0.2) is 31.6 Å². The summed E-state index contributed by atoms with van der Waals surface area (Å²) in [4.78, 5) is 0. The number of nitrogens with one attached hydrogen (secondary N) is 1. The summed E-state index contributed by atoms with van der Waals surface area (Å²) in [6.45, 7) is 2.35. The van der Waals surface area contributed by atoms with E-state index in [9.17, 15) is 0 Å². The molecule has 0 radical (unpaired) electrons. The molecule has 1 unspecified atom stereocenters. The first-order valence-electron chi connectivity index (χ1n) is 5.75. The van der Waals surface area contributed by atoms with E-state index in [-0.39, 0.29) is 6.61 Å². The maximum atomic E-state index is 8.79.